The molecule has 0 unspecified atom stereocenters. The molecule has 1 aromatic heterocycles. The summed E-state index contributed by atoms with van der Waals surface area (Å²) < 4.78 is 11.2. The third-order valence-electron chi connectivity index (χ3n) is 3.54. The maximum atomic E-state index is 12.2. The SMILES string of the molecule is COc1ccc(NC(=O)N(C)CC(C)C)cc1OCc1ccncc1. The van der Waals surface area contributed by atoms with Gasteiger partial charge in [0.1, 0.15) is 6.61 Å². The molecule has 0 saturated heterocycles. The number of nitrogens with zero attached hydrogens (tertiary/aromatic N) is 2. The summed E-state index contributed by atoms with van der Waals surface area (Å²) in [5.74, 6) is 1.59. The zero-order chi connectivity index (χ0) is 18.2. The van der Waals surface area contributed by atoms with Gasteiger partial charge in [-0.2, -0.15) is 0 Å². The molecule has 0 saturated carbocycles. The molecule has 0 bridgehead atoms. The Bertz CT molecular complexity index is 690. The van der Waals surface area contributed by atoms with Crippen LogP contribution in [0.1, 0.15) is 19.4 Å². The number of nitrogens with one attached hydrogen (secondary N) is 1. The molecule has 2 amide bonds. The highest BCUT2D eigenvalue weighted by atomic mass is 16.5. The molecule has 25 heavy (non-hydrogen) atoms. The predicted molar refractivity (Wildman–Crippen MR) is 98.0 cm³/mol. The molecular formula is C19H25N3O3. The van der Waals surface area contributed by atoms with Crippen molar-refractivity contribution in [3.8, 4) is 11.5 Å². The third kappa shape index (κ3) is 5.67. The summed E-state index contributed by atoms with van der Waals surface area (Å²) in [5, 5.41) is 2.88. The van der Waals surface area contributed by atoms with Crippen LogP contribution in [-0.2, 0) is 6.61 Å². The molecule has 0 aliphatic heterocycles. The van der Waals surface area contributed by atoms with Crippen LogP contribution in [-0.4, -0.2) is 36.6 Å². The fraction of sp³-hybridized carbons (Fsp3) is 0.368. The van der Waals surface area contributed by atoms with Crippen molar-refractivity contribution in [2.45, 2.75) is 20.5 Å². The van der Waals surface area contributed by atoms with Gasteiger partial charge >= 0.3 is 6.03 Å². The number of carbonyl (C=O) groups is 1. The van der Waals surface area contributed by atoms with Crippen LogP contribution in [0.25, 0.3) is 0 Å². The molecule has 134 valence electrons. The number of amides is 2. The average molecular weight is 343 g/mol. The summed E-state index contributed by atoms with van der Waals surface area (Å²) in [5.41, 5.74) is 1.66. The molecule has 2 aromatic rings. The molecule has 0 spiro atoms. The number of ether oxygens (including phenoxy) is 2. The van der Waals surface area contributed by atoms with E-state index in [1.54, 1.807) is 49.7 Å². The van der Waals surface area contributed by atoms with Crippen molar-refractivity contribution in [3.05, 3.63) is 48.3 Å². The van der Waals surface area contributed by atoms with E-state index < -0.39 is 0 Å². The van der Waals surface area contributed by atoms with Crippen LogP contribution >= 0.6 is 0 Å². The minimum atomic E-state index is -0.154. The Morgan fingerprint density at radius 3 is 2.56 bits per heavy atom. The minimum absolute atomic E-state index is 0.154. The average Bonchev–Trinajstić information content (AvgIpc) is 2.60. The van der Waals surface area contributed by atoms with E-state index in [9.17, 15) is 4.79 Å². The number of rotatable bonds is 7. The number of benzene rings is 1. The van der Waals surface area contributed by atoms with Gasteiger partial charge in [0.15, 0.2) is 11.5 Å². The molecule has 0 atom stereocenters. The van der Waals surface area contributed by atoms with Crippen LogP contribution in [0, 0.1) is 5.92 Å². The van der Waals surface area contributed by atoms with Crippen molar-refractivity contribution >= 4 is 11.7 Å². The normalized spacial score (nSPS) is 10.4. The number of anilines is 1. The molecular weight excluding hydrogens is 318 g/mol. The number of hydrogen-bond donors (Lipinski definition) is 1. The molecule has 0 aliphatic rings. The summed E-state index contributed by atoms with van der Waals surface area (Å²) in [6.07, 6.45) is 3.44. The van der Waals surface area contributed by atoms with Gasteiger partial charge in [-0.25, -0.2) is 4.79 Å². The van der Waals surface area contributed by atoms with Gasteiger partial charge in [0, 0.05) is 37.7 Å². The van der Waals surface area contributed by atoms with Crippen LogP contribution < -0.4 is 14.8 Å². The molecule has 1 N–H and O–H groups in total. The molecule has 0 fully saturated rings. The summed E-state index contributed by atoms with van der Waals surface area (Å²) in [7, 11) is 3.36. The van der Waals surface area contributed by atoms with Crippen molar-refractivity contribution < 1.29 is 14.3 Å². The lowest BCUT2D eigenvalue weighted by Crippen LogP contribution is -2.34. The van der Waals surface area contributed by atoms with Crippen molar-refractivity contribution in [2.75, 3.05) is 26.0 Å². The van der Waals surface area contributed by atoms with Crippen LogP contribution in [0.4, 0.5) is 10.5 Å². The Labute approximate surface area is 148 Å². The number of pyridine rings is 1. The lowest BCUT2D eigenvalue weighted by Gasteiger charge is -2.20. The highest BCUT2D eigenvalue weighted by Gasteiger charge is 2.12. The van der Waals surface area contributed by atoms with Crippen LogP contribution in [0.2, 0.25) is 0 Å². The second kappa shape index (κ2) is 8.92. The largest absolute Gasteiger partial charge is 0.493 e. The van der Waals surface area contributed by atoms with E-state index in [0.29, 0.717) is 36.3 Å². The Hall–Kier alpha value is -2.76. The van der Waals surface area contributed by atoms with Crippen molar-refractivity contribution in [1.29, 1.82) is 0 Å². The number of urea groups is 1. The van der Waals surface area contributed by atoms with E-state index in [2.05, 4.69) is 24.1 Å². The first-order valence-electron chi connectivity index (χ1n) is 8.21. The van der Waals surface area contributed by atoms with Gasteiger partial charge in [0.05, 0.1) is 7.11 Å². The maximum Gasteiger partial charge on any atom is 0.321 e. The molecule has 6 heteroatoms. The Morgan fingerprint density at radius 1 is 1.20 bits per heavy atom. The van der Waals surface area contributed by atoms with Crippen LogP contribution in [0.5, 0.6) is 11.5 Å². The van der Waals surface area contributed by atoms with E-state index in [-0.39, 0.29) is 6.03 Å². The zero-order valence-electron chi connectivity index (χ0n) is 15.2. The lowest BCUT2D eigenvalue weighted by atomic mass is 10.2. The Kier molecular flexibility index (Phi) is 6.62. The molecule has 0 radical (unpaired) electrons. The van der Waals surface area contributed by atoms with Crippen molar-refractivity contribution in [2.24, 2.45) is 5.92 Å². The summed E-state index contributed by atoms with van der Waals surface area (Å²) in [6.45, 7) is 5.22. The van der Waals surface area contributed by atoms with Crippen molar-refractivity contribution in [1.82, 2.24) is 9.88 Å². The van der Waals surface area contributed by atoms with Gasteiger partial charge in [-0.1, -0.05) is 13.8 Å². The fourth-order valence-corrected chi connectivity index (χ4v) is 2.36. The van der Waals surface area contributed by atoms with E-state index >= 15 is 0 Å². The Morgan fingerprint density at radius 2 is 1.92 bits per heavy atom. The third-order valence-corrected chi connectivity index (χ3v) is 3.54. The molecule has 1 heterocycles. The van der Waals surface area contributed by atoms with E-state index in [0.717, 1.165) is 5.56 Å². The summed E-state index contributed by atoms with van der Waals surface area (Å²) in [4.78, 5) is 17.9. The smallest absolute Gasteiger partial charge is 0.321 e. The first kappa shape index (κ1) is 18.6. The number of carbonyl (C=O) groups excluding carboxylic acids is 1. The number of hydrogen-bond acceptors (Lipinski definition) is 4. The monoisotopic (exact) mass is 343 g/mol. The first-order chi connectivity index (χ1) is 12.0. The molecule has 1 aromatic carbocycles. The Balaban J connectivity index is 2.06. The van der Waals surface area contributed by atoms with Crippen LogP contribution in [0.15, 0.2) is 42.7 Å². The fourth-order valence-electron chi connectivity index (χ4n) is 2.36. The standard InChI is InChI=1S/C19H25N3O3/c1-14(2)12-22(3)19(23)21-16-5-6-17(24-4)18(11-16)25-13-15-7-9-20-10-8-15/h5-11,14H,12-13H2,1-4H3,(H,21,23). The number of aromatic nitrogens is 1. The predicted octanol–water partition coefficient (Wildman–Crippen LogP) is 3.79. The minimum Gasteiger partial charge on any atom is -0.493 e. The topological polar surface area (TPSA) is 63.7 Å². The molecule has 2 rings (SSSR count). The van der Waals surface area contributed by atoms with E-state index in [4.69, 9.17) is 9.47 Å². The van der Waals surface area contributed by atoms with Gasteiger partial charge < -0.3 is 19.7 Å². The van der Waals surface area contributed by atoms with E-state index in [1.165, 1.54) is 0 Å². The maximum absolute atomic E-state index is 12.2. The zero-order valence-corrected chi connectivity index (χ0v) is 15.2. The second-order valence-corrected chi connectivity index (χ2v) is 6.21. The summed E-state index contributed by atoms with van der Waals surface area (Å²) in [6, 6.07) is 8.96. The lowest BCUT2D eigenvalue weighted by molar-refractivity contribution is 0.217. The molecule has 0 aliphatic carbocycles. The van der Waals surface area contributed by atoms with Crippen molar-refractivity contribution in [3.63, 3.8) is 0 Å². The quantitative estimate of drug-likeness (QED) is 0.831. The van der Waals surface area contributed by atoms with Gasteiger partial charge in [-0.15, -0.1) is 0 Å². The number of methoxy groups -OCH3 is 1. The van der Waals surface area contributed by atoms with Gasteiger partial charge in [-0.3, -0.25) is 4.98 Å². The van der Waals surface area contributed by atoms with Gasteiger partial charge in [0.2, 0.25) is 0 Å². The molecule has 6 nitrogen and oxygen atoms in total. The first-order valence-corrected chi connectivity index (χ1v) is 8.21. The highest BCUT2D eigenvalue weighted by molar-refractivity contribution is 5.89. The van der Waals surface area contributed by atoms with Gasteiger partial charge in [-0.05, 0) is 35.7 Å². The van der Waals surface area contributed by atoms with Crippen LogP contribution in [0.3, 0.4) is 0 Å². The summed E-state index contributed by atoms with van der Waals surface area (Å²) >= 11 is 0. The second-order valence-electron chi connectivity index (χ2n) is 6.21. The van der Waals surface area contributed by atoms with E-state index in [1.807, 2.05) is 12.1 Å². The highest BCUT2D eigenvalue weighted by Crippen LogP contribution is 2.31. The van der Waals surface area contributed by atoms with Gasteiger partial charge in [0.25, 0.3) is 0 Å².